The Hall–Kier alpha value is -1.22. The minimum Gasteiger partial charge on any atom is -0.351 e. The van der Waals surface area contributed by atoms with E-state index in [9.17, 15) is 4.79 Å². The summed E-state index contributed by atoms with van der Waals surface area (Å²) in [7, 11) is 0. The van der Waals surface area contributed by atoms with Crippen LogP contribution in [0.1, 0.15) is 18.4 Å². The summed E-state index contributed by atoms with van der Waals surface area (Å²) in [5, 5.41) is 0.769. The van der Waals surface area contributed by atoms with Crippen LogP contribution < -0.4 is 5.73 Å². The molecule has 0 bridgehead atoms. The Morgan fingerprint density at radius 2 is 2.35 bits per heavy atom. The maximum Gasteiger partial charge on any atom is 0.314 e. The predicted molar refractivity (Wildman–Crippen MR) is 69.0 cm³/mol. The molecule has 1 aromatic carbocycles. The summed E-state index contributed by atoms with van der Waals surface area (Å²) in [6.45, 7) is 1.56. The van der Waals surface area contributed by atoms with Gasteiger partial charge in [0.25, 0.3) is 0 Å². The number of nitrogens with two attached hydrogens (primary N) is 1. The van der Waals surface area contributed by atoms with Gasteiger partial charge >= 0.3 is 6.03 Å². The van der Waals surface area contributed by atoms with Gasteiger partial charge in [-0.15, -0.1) is 0 Å². The first-order valence-electron chi connectivity index (χ1n) is 5.94. The first-order valence-corrected chi connectivity index (χ1v) is 6.32. The van der Waals surface area contributed by atoms with Crippen molar-refractivity contribution < 1.29 is 4.79 Å². The number of hydrogen-bond acceptors (Lipinski definition) is 1. The molecule has 2 N–H and O–H groups in total. The van der Waals surface area contributed by atoms with E-state index in [1.54, 1.807) is 4.90 Å². The van der Waals surface area contributed by atoms with E-state index in [-0.39, 0.29) is 6.03 Å². The molecule has 1 fully saturated rings. The quantitative estimate of drug-likeness (QED) is 0.864. The molecule has 1 aliphatic heterocycles. The molecule has 2 rings (SSSR count). The number of urea groups is 1. The Morgan fingerprint density at radius 1 is 1.53 bits per heavy atom. The molecule has 3 nitrogen and oxygen atoms in total. The van der Waals surface area contributed by atoms with Crippen LogP contribution in [-0.2, 0) is 6.42 Å². The van der Waals surface area contributed by atoms with Crippen molar-refractivity contribution in [1.82, 2.24) is 4.90 Å². The zero-order chi connectivity index (χ0) is 12.3. The van der Waals surface area contributed by atoms with Gasteiger partial charge in [-0.2, -0.15) is 0 Å². The molecule has 1 heterocycles. The van der Waals surface area contributed by atoms with Gasteiger partial charge in [0.05, 0.1) is 0 Å². The lowest BCUT2D eigenvalue weighted by Gasteiger charge is -2.31. The third-order valence-corrected chi connectivity index (χ3v) is 3.48. The third-order valence-electron chi connectivity index (χ3n) is 3.24. The second-order valence-electron chi connectivity index (χ2n) is 4.63. The summed E-state index contributed by atoms with van der Waals surface area (Å²) < 4.78 is 0. The Morgan fingerprint density at radius 3 is 3.06 bits per heavy atom. The number of hydrogen-bond donors (Lipinski definition) is 1. The molecular formula is C13H17ClN2O. The summed E-state index contributed by atoms with van der Waals surface area (Å²) >= 11 is 5.96. The van der Waals surface area contributed by atoms with Gasteiger partial charge in [-0.1, -0.05) is 23.7 Å². The third kappa shape index (κ3) is 3.37. The van der Waals surface area contributed by atoms with E-state index in [2.05, 4.69) is 6.07 Å². The predicted octanol–water partition coefficient (Wildman–Crippen LogP) is 2.67. The average molecular weight is 253 g/mol. The fraction of sp³-hybridized carbons (Fsp3) is 0.462. The maximum absolute atomic E-state index is 11.1. The standard InChI is InChI=1S/C13H17ClN2O/c14-12-5-1-3-10(8-12)7-11-4-2-6-16(9-11)13(15)17/h1,3,5,8,11H,2,4,6-7,9H2,(H2,15,17)/t11-/m0/s1. The second kappa shape index (κ2) is 5.41. The van der Waals surface area contributed by atoms with E-state index >= 15 is 0 Å². The lowest BCUT2D eigenvalue weighted by molar-refractivity contribution is 0.173. The van der Waals surface area contributed by atoms with Crippen LogP contribution in [-0.4, -0.2) is 24.0 Å². The van der Waals surface area contributed by atoms with Crippen molar-refractivity contribution in [3.63, 3.8) is 0 Å². The molecule has 92 valence electrons. The van der Waals surface area contributed by atoms with Crippen molar-refractivity contribution in [2.75, 3.05) is 13.1 Å². The smallest absolute Gasteiger partial charge is 0.314 e. The number of nitrogens with zero attached hydrogens (tertiary/aromatic N) is 1. The summed E-state index contributed by atoms with van der Waals surface area (Å²) in [5.74, 6) is 0.495. The molecule has 1 saturated heterocycles. The van der Waals surface area contributed by atoms with Gasteiger partial charge in [-0.25, -0.2) is 4.79 Å². The Labute approximate surface area is 107 Å². The van der Waals surface area contributed by atoms with E-state index in [1.165, 1.54) is 5.56 Å². The van der Waals surface area contributed by atoms with Crippen LogP contribution in [0.15, 0.2) is 24.3 Å². The summed E-state index contributed by atoms with van der Waals surface area (Å²) in [6, 6.07) is 7.61. The molecule has 1 atom stereocenters. The van der Waals surface area contributed by atoms with Crippen LogP contribution in [0, 0.1) is 5.92 Å². The van der Waals surface area contributed by atoms with Gasteiger partial charge in [-0.05, 0) is 42.9 Å². The van der Waals surface area contributed by atoms with Crippen molar-refractivity contribution in [3.05, 3.63) is 34.9 Å². The molecular weight excluding hydrogens is 236 g/mol. The normalized spacial score (nSPS) is 20.3. The maximum atomic E-state index is 11.1. The van der Waals surface area contributed by atoms with Gasteiger partial charge in [-0.3, -0.25) is 0 Å². The zero-order valence-electron chi connectivity index (χ0n) is 9.73. The van der Waals surface area contributed by atoms with Crippen molar-refractivity contribution in [2.24, 2.45) is 11.7 Å². The molecule has 1 aliphatic rings. The summed E-state index contributed by atoms with van der Waals surface area (Å²) in [4.78, 5) is 12.9. The van der Waals surface area contributed by atoms with Crippen molar-refractivity contribution in [1.29, 1.82) is 0 Å². The van der Waals surface area contributed by atoms with Crippen molar-refractivity contribution in [2.45, 2.75) is 19.3 Å². The number of carbonyl (C=O) groups excluding carboxylic acids is 1. The highest BCUT2D eigenvalue weighted by Crippen LogP contribution is 2.22. The molecule has 0 saturated carbocycles. The molecule has 0 spiro atoms. The van der Waals surface area contributed by atoms with Gasteiger partial charge in [0.2, 0.25) is 0 Å². The first-order chi connectivity index (χ1) is 8.15. The highest BCUT2D eigenvalue weighted by Gasteiger charge is 2.22. The topological polar surface area (TPSA) is 46.3 Å². The van der Waals surface area contributed by atoms with Crippen molar-refractivity contribution >= 4 is 17.6 Å². The largest absolute Gasteiger partial charge is 0.351 e. The minimum absolute atomic E-state index is 0.305. The van der Waals surface area contributed by atoms with Crippen LogP contribution in [0.3, 0.4) is 0 Å². The minimum atomic E-state index is -0.305. The Bertz CT molecular complexity index is 408. The van der Waals surface area contributed by atoms with Crippen molar-refractivity contribution in [3.8, 4) is 0 Å². The molecule has 1 aromatic rings. The van der Waals surface area contributed by atoms with Crippen LogP contribution in [0.5, 0.6) is 0 Å². The fourth-order valence-electron chi connectivity index (χ4n) is 2.43. The summed E-state index contributed by atoms with van der Waals surface area (Å²) in [5.41, 5.74) is 6.54. The Balaban J connectivity index is 1.97. The molecule has 0 unspecified atom stereocenters. The number of carbonyl (C=O) groups is 1. The molecule has 2 amide bonds. The van der Waals surface area contributed by atoms with E-state index < -0.39 is 0 Å². The number of piperidine rings is 1. The van der Waals surface area contributed by atoms with Gasteiger partial charge < -0.3 is 10.6 Å². The zero-order valence-corrected chi connectivity index (χ0v) is 10.5. The highest BCUT2D eigenvalue weighted by molar-refractivity contribution is 6.30. The number of rotatable bonds is 2. The first kappa shape index (κ1) is 12.2. The van der Waals surface area contributed by atoms with Crippen LogP contribution in [0.2, 0.25) is 5.02 Å². The number of halogens is 1. The van der Waals surface area contributed by atoms with Crippen LogP contribution in [0.25, 0.3) is 0 Å². The number of likely N-dealkylation sites (tertiary alicyclic amines) is 1. The van der Waals surface area contributed by atoms with Gasteiger partial charge in [0, 0.05) is 18.1 Å². The Kier molecular flexibility index (Phi) is 3.89. The van der Waals surface area contributed by atoms with Crippen LogP contribution in [0.4, 0.5) is 4.79 Å². The molecule has 17 heavy (non-hydrogen) atoms. The van der Waals surface area contributed by atoms with Gasteiger partial charge in [0.15, 0.2) is 0 Å². The van der Waals surface area contributed by atoms with E-state index in [0.717, 1.165) is 37.4 Å². The van der Waals surface area contributed by atoms with Crippen LogP contribution >= 0.6 is 11.6 Å². The van der Waals surface area contributed by atoms with E-state index in [4.69, 9.17) is 17.3 Å². The molecule has 0 aromatic heterocycles. The second-order valence-corrected chi connectivity index (χ2v) is 5.06. The fourth-order valence-corrected chi connectivity index (χ4v) is 2.64. The number of amides is 2. The number of benzene rings is 1. The lowest BCUT2D eigenvalue weighted by atomic mass is 9.91. The average Bonchev–Trinajstić information content (AvgIpc) is 2.29. The SMILES string of the molecule is NC(=O)N1CCC[C@@H](Cc2cccc(Cl)c2)C1. The highest BCUT2D eigenvalue weighted by atomic mass is 35.5. The van der Waals surface area contributed by atoms with E-state index in [1.807, 2.05) is 18.2 Å². The monoisotopic (exact) mass is 252 g/mol. The number of primary amides is 1. The van der Waals surface area contributed by atoms with E-state index in [0.29, 0.717) is 5.92 Å². The summed E-state index contributed by atoms with van der Waals surface area (Å²) in [6.07, 6.45) is 3.15. The molecule has 0 aliphatic carbocycles. The van der Waals surface area contributed by atoms with Gasteiger partial charge in [0.1, 0.15) is 0 Å². The molecule has 4 heteroatoms. The lowest BCUT2D eigenvalue weighted by Crippen LogP contribution is -2.43. The molecule has 0 radical (unpaired) electrons.